The van der Waals surface area contributed by atoms with E-state index in [1.807, 2.05) is 42.5 Å². The van der Waals surface area contributed by atoms with Gasteiger partial charge < -0.3 is 25.8 Å². The number of anilines is 1. The number of nitrogens with one attached hydrogen (secondary N) is 2. The number of ether oxygens (including phenoxy) is 2. The van der Waals surface area contributed by atoms with Crippen LogP contribution >= 0.6 is 0 Å². The maximum atomic E-state index is 11.8. The highest BCUT2D eigenvalue weighted by Gasteiger charge is 2.05. The minimum Gasteiger partial charge on any atom is -0.497 e. The maximum absolute atomic E-state index is 11.8. The number of nitrogens with two attached hydrogens (primary N) is 1. The maximum Gasteiger partial charge on any atom is 0.243 e. The van der Waals surface area contributed by atoms with E-state index in [-0.39, 0.29) is 24.9 Å². The van der Waals surface area contributed by atoms with Crippen molar-refractivity contribution in [2.24, 2.45) is 5.73 Å². The van der Waals surface area contributed by atoms with Crippen molar-refractivity contribution >= 4 is 17.5 Å². The van der Waals surface area contributed by atoms with Crippen LogP contribution in [0.3, 0.4) is 0 Å². The Labute approximate surface area is 152 Å². The van der Waals surface area contributed by atoms with Gasteiger partial charge in [-0.3, -0.25) is 9.59 Å². The lowest BCUT2D eigenvalue weighted by Crippen LogP contribution is -2.36. The van der Waals surface area contributed by atoms with Crippen LogP contribution in [0.15, 0.2) is 48.5 Å². The molecule has 0 aliphatic rings. The van der Waals surface area contributed by atoms with E-state index in [9.17, 15) is 9.59 Å². The average molecular weight is 357 g/mol. The Morgan fingerprint density at radius 2 is 1.73 bits per heavy atom. The average Bonchev–Trinajstić information content (AvgIpc) is 2.67. The topological polar surface area (TPSA) is 103 Å². The van der Waals surface area contributed by atoms with E-state index >= 15 is 0 Å². The molecule has 7 nitrogen and oxygen atoms in total. The van der Waals surface area contributed by atoms with Crippen LogP contribution in [0.2, 0.25) is 0 Å². The summed E-state index contributed by atoms with van der Waals surface area (Å²) in [6.45, 7) is 0.633. The first-order chi connectivity index (χ1) is 12.6. The second-order valence-electron chi connectivity index (χ2n) is 5.57. The van der Waals surface area contributed by atoms with E-state index in [4.69, 9.17) is 15.2 Å². The van der Waals surface area contributed by atoms with Crippen molar-refractivity contribution in [1.29, 1.82) is 0 Å². The van der Waals surface area contributed by atoms with Crippen LogP contribution in [0.1, 0.15) is 11.1 Å². The number of rotatable bonds is 9. The fourth-order valence-corrected chi connectivity index (χ4v) is 2.20. The van der Waals surface area contributed by atoms with Crippen LogP contribution in [0.4, 0.5) is 5.69 Å². The molecule has 0 aliphatic carbocycles. The Balaban J connectivity index is 1.80. The Kier molecular flexibility index (Phi) is 7.60. The lowest BCUT2D eigenvalue weighted by Gasteiger charge is -2.09. The zero-order valence-electron chi connectivity index (χ0n) is 14.7. The van der Waals surface area contributed by atoms with Gasteiger partial charge in [-0.05, 0) is 35.4 Å². The first-order valence-electron chi connectivity index (χ1n) is 8.17. The second-order valence-corrected chi connectivity index (χ2v) is 5.57. The van der Waals surface area contributed by atoms with E-state index < -0.39 is 0 Å². The van der Waals surface area contributed by atoms with Crippen molar-refractivity contribution in [2.45, 2.75) is 13.2 Å². The molecule has 4 N–H and O–H groups in total. The van der Waals surface area contributed by atoms with Gasteiger partial charge in [0, 0.05) is 5.69 Å². The van der Waals surface area contributed by atoms with Gasteiger partial charge in [-0.25, -0.2) is 0 Å². The van der Waals surface area contributed by atoms with E-state index in [1.54, 1.807) is 13.2 Å². The van der Waals surface area contributed by atoms with E-state index in [0.29, 0.717) is 18.9 Å². The largest absolute Gasteiger partial charge is 0.497 e. The number of hydrogen-bond donors (Lipinski definition) is 3. The van der Waals surface area contributed by atoms with Crippen molar-refractivity contribution < 1.29 is 19.1 Å². The van der Waals surface area contributed by atoms with E-state index in [0.717, 1.165) is 16.9 Å². The lowest BCUT2D eigenvalue weighted by atomic mass is 10.2. The van der Waals surface area contributed by atoms with Gasteiger partial charge in [0.25, 0.3) is 0 Å². The van der Waals surface area contributed by atoms with Crippen LogP contribution in [0.25, 0.3) is 0 Å². The van der Waals surface area contributed by atoms with Gasteiger partial charge in [0.2, 0.25) is 11.8 Å². The summed E-state index contributed by atoms with van der Waals surface area (Å²) in [5.74, 6) is 0.115. The molecule has 0 heterocycles. The molecule has 2 aromatic carbocycles. The Morgan fingerprint density at radius 3 is 2.42 bits per heavy atom. The third-order valence-corrected chi connectivity index (χ3v) is 3.54. The fraction of sp³-hybridized carbons (Fsp3) is 0.263. The van der Waals surface area contributed by atoms with Crippen molar-refractivity contribution in [1.82, 2.24) is 5.32 Å². The molecule has 138 valence electrons. The molecule has 26 heavy (non-hydrogen) atoms. The van der Waals surface area contributed by atoms with Gasteiger partial charge in [-0.15, -0.1) is 0 Å². The molecule has 0 aliphatic heterocycles. The summed E-state index contributed by atoms with van der Waals surface area (Å²) in [5, 5.41) is 5.14. The standard InChI is InChI=1S/C19H23N3O4/c1-25-17-7-5-14(6-8-17)12-26-13-15-3-2-4-16(9-15)22-19(24)11-21-18(23)10-20/h2-9H,10-13,20H2,1H3,(H,21,23)(H,22,24). The van der Waals surface area contributed by atoms with Gasteiger partial charge in [0.15, 0.2) is 0 Å². The minimum atomic E-state index is -0.374. The summed E-state index contributed by atoms with van der Waals surface area (Å²) in [5.41, 5.74) is 7.79. The third-order valence-electron chi connectivity index (χ3n) is 3.54. The van der Waals surface area contributed by atoms with Gasteiger partial charge in [-0.1, -0.05) is 24.3 Å². The lowest BCUT2D eigenvalue weighted by molar-refractivity contribution is -0.123. The van der Waals surface area contributed by atoms with Gasteiger partial charge in [-0.2, -0.15) is 0 Å². The third kappa shape index (κ3) is 6.54. The highest BCUT2D eigenvalue weighted by molar-refractivity contribution is 5.94. The zero-order valence-corrected chi connectivity index (χ0v) is 14.7. The SMILES string of the molecule is COc1ccc(COCc2cccc(NC(=O)CNC(=O)CN)c2)cc1. The van der Waals surface area contributed by atoms with Gasteiger partial charge in [0.1, 0.15) is 5.75 Å². The number of benzene rings is 2. The second kappa shape index (κ2) is 10.2. The molecular formula is C19H23N3O4. The molecule has 0 fully saturated rings. The summed E-state index contributed by atoms with van der Waals surface area (Å²) in [6.07, 6.45) is 0. The summed E-state index contributed by atoms with van der Waals surface area (Å²) in [4.78, 5) is 22.8. The Morgan fingerprint density at radius 1 is 1.00 bits per heavy atom. The summed E-state index contributed by atoms with van der Waals surface area (Å²) >= 11 is 0. The molecule has 0 bridgehead atoms. The van der Waals surface area contributed by atoms with Crippen molar-refractivity contribution in [3.05, 3.63) is 59.7 Å². The van der Waals surface area contributed by atoms with Crippen molar-refractivity contribution in [3.8, 4) is 5.75 Å². The van der Waals surface area contributed by atoms with Crippen LogP contribution in [-0.4, -0.2) is 32.0 Å². The molecular weight excluding hydrogens is 334 g/mol. The predicted octanol–water partition coefficient (Wildman–Crippen LogP) is 1.43. The van der Waals surface area contributed by atoms with Crippen LogP contribution in [0, 0.1) is 0 Å². The summed E-state index contributed by atoms with van der Waals surface area (Å²) in [7, 11) is 1.63. The molecule has 0 spiro atoms. The number of carbonyl (C=O) groups excluding carboxylic acids is 2. The fourth-order valence-electron chi connectivity index (χ4n) is 2.20. The molecule has 2 rings (SSSR count). The van der Waals surface area contributed by atoms with Crippen molar-refractivity contribution in [2.75, 3.05) is 25.5 Å². The summed E-state index contributed by atoms with van der Waals surface area (Å²) in [6, 6.07) is 15.0. The van der Waals surface area contributed by atoms with Gasteiger partial charge >= 0.3 is 0 Å². The molecule has 2 amide bonds. The highest BCUT2D eigenvalue weighted by atomic mass is 16.5. The van der Waals surface area contributed by atoms with E-state index in [2.05, 4.69) is 10.6 Å². The van der Waals surface area contributed by atoms with Crippen LogP contribution in [0.5, 0.6) is 5.75 Å². The molecule has 0 unspecified atom stereocenters. The number of amides is 2. The summed E-state index contributed by atoms with van der Waals surface area (Å²) < 4.78 is 10.8. The molecule has 2 aromatic rings. The minimum absolute atomic E-state index is 0.117. The molecule has 0 saturated carbocycles. The predicted molar refractivity (Wildman–Crippen MR) is 98.6 cm³/mol. The molecule has 7 heteroatoms. The molecule has 0 saturated heterocycles. The number of methoxy groups -OCH3 is 1. The quantitative estimate of drug-likeness (QED) is 0.630. The Bertz CT molecular complexity index is 732. The van der Waals surface area contributed by atoms with E-state index in [1.165, 1.54) is 0 Å². The molecule has 0 radical (unpaired) electrons. The molecule has 0 atom stereocenters. The first-order valence-corrected chi connectivity index (χ1v) is 8.17. The monoisotopic (exact) mass is 357 g/mol. The van der Waals surface area contributed by atoms with Crippen molar-refractivity contribution in [3.63, 3.8) is 0 Å². The zero-order chi connectivity index (χ0) is 18.8. The van der Waals surface area contributed by atoms with Gasteiger partial charge in [0.05, 0.1) is 33.4 Å². The smallest absolute Gasteiger partial charge is 0.243 e. The van der Waals surface area contributed by atoms with Crippen LogP contribution < -0.4 is 21.1 Å². The Hall–Kier alpha value is -2.90. The number of hydrogen-bond acceptors (Lipinski definition) is 5. The highest BCUT2D eigenvalue weighted by Crippen LogP contribution is 2.14. The number of carbonyl (C=O) groups is 2. The van der Waals surface area contributed by atoms with Crippen LogP contribution in [-0.2, 0) is 27.5 Å². The normalized spacial score (nSPS) is 10.2. The first kappa shape index (κ1) is 19.4. The molecule has 0 aromatic heterocycles.